The van der Waals surface area contributed by atoms with Crippen LogP contribution in [0.5, 0.6) is 0 Å². The second-order valence-electron chi connectivity index (χ2n) is 7.19. The topological polar surface area (TPSA) is 66.8 Å². The van der Waals surface area contributed by atoms with Gasteiger partial charge in [0.15, 0.2) is 0 Å². The average Bonchev–Trinajstić information content (AvgIpc) is 2.29. The lowest BCUT2D eigenvalue weighted by Gasteiger charge is -2.61. The third-order valence-electron chi connectivity index (χ3n) is 5.21. The number of hydrogen-bond donors (Lipinski definition) is 2. The molecule has 4 saturated carbocycles. The maximum atomic E-state index is 12.8. The molecule has 0 spiro atoms. The number of halogens is 2. The van der Waals surface area contributed by atoms with Crippen LogP contribution in [0.25, 0.3) is 0 Å². The lowest BCUT2D eigenvalue weighted by molar-refractivity contribution is -0.224. The molecule has 4 aliphatic rings. The number of carbonyl (C=O) groups is 1. The fourth-order valence-electron chi connectivity index (χ4n) is 4.77. The third-order valence-corrected chi connectivity index (χ3v) is 5.21. The van der Waals surface area contributed by atoms with Gasteiger partial charge in [0, 0.05) is 12.3 Å². The molecule has 2 unspecified atom stereocenters. The number of carbonyl (C=O) groups excluding carboxylic acids is 1. The molecule has 0 aromatic heterocycles. The molecular formula is C14H20F2O4. The van der Waals surface area contributed by atoms with E-state index in [0.29, 0.717) is 39.0 Å². The van der Waals surface area contributed by atoms with E-state index in [4.69, 9.17) is 4.74 Å². The Morgan fingerprint density at radius 3 is 2.35 bits per heavy atom. The van der Waals surface area contributed by atoms with Gasteiger partial charge in [-0.05, 0) is 43.9 Å². The van der Waals surface area contributed by atoms with Crippen LogP contribution in [-0.4, -0.2) is 40.4 Å². The van der Waals surface area contributed by atoms with Gasteiger partial charge in [0.25, 0.3) is 0 Å². The Morgan fingerprint density at radius 1 is 1.30 bits per heavy atom. The molecule has 4 fully saturated rings. The van der Waals surface area contributed by atoms with E-state index in [-0.39, 0.29) is 18.4 Å². The molecular weight excluding hydrogens is 270 g/mol. The summed E-state index contributed by atoms with van der Waals surface area (Å²) in [6, 6.07) is 0. The molecule has 4 rings (SSSR count). The van der Waals surface area contributed by atoms with Gasteiger partial charge in [-0.2, -0.15) is 8.78 Å². The van der Waals surface area contributed by atoms with E-state index in [0.717, 1.165) is 0 Å². The van der Waals surface area contributed by atoms with Crippen molar-refractivity contribution in [2.45, 2.75) is 56.7 Å². The molecule has 114 valence electrons. The molecule has 0 amide bonds. The molecule has 6 heteroatoms. The van der Waals surface area contributed by atoms with Gasteiger partial charge < -0.3 is 14.9 Å². The highest BCUT2D eigenvalue weighted by atomic mass is 19.3. The van der Waals surface area contributed by atoms with E-state index in [1.54, 1.807) is 0 Å². The molecule has 20 heavy (non-hydrogen) atoms. The SMILES string of the molecule is CC(F)(F)C(=O)OCC12CC3CC(O)(CC(C1)C3O)C2. The van der Waals surface area contributed by atoms with Gasteiger partial charge in [-0.25, -0.2) is 4.79 Å². The quantitative estimate of drug-likeness (QED) is 0.773. The maximum absolute atomic E-state index is 12.8. The van der Waals surface area contributed by atoms with Crippen LogP contribution in [0.3, 0.4) is 0 Å². The standard InChI is InChI=1S/C14H20F2O4/c1-12(15,16)11(18)20-7-13-2-8-4-14(19,6-13)5-9(3-13)10(8)17/h8-10,17,19H,2-7H2,1H3. The molecule has 4 bridgehead atoms. The van der Waals surface area contributed by atoms with E-state index in [1.807, 2.05) is 0 Å². The second-order valence-corrected chi connectivity index (χ2v) is 7.19. The highest BCUT2D eigenvalue weighted by Gasteiger charge is 2.61. The number of aliphatic hydroxyl groups excluding tert-OH is 1. The molecule has 0 heterocycles. The van der Waals surface area contributed by atoms with E-state index in [9.17, 15) is 23.8 Å². The van der Waals surface area contributed by atoms with Gasteiger partial charge >= 0.3 is 11.9 Å². The summed E-state index contributed by atoms with van der Waals surface area (Å²) in [7, 11) is 0. The van der Waals surface area contributed by atoms with Crippen LogP contribution in [0.2, 0.25) is 0 Å². The largest absolute Gasteiger partial charge is 0.461 e. The van der Waals surface area contributed by atoms with E-state index >= 15 is 0 Å². The Morgan fingerprint density at radius 2 is 1.85 bits per heavy atom. The summed E-state index contributed by atoms with van der Waals surface area (Å²) in [5, 5.41) is 20.6. The number of ether oxygens (including phenoxy) is 1. The van der Waals surface area contributed by atoms with Crippen LogP contribution >= 0.6 is 0 Å². The zero-order valence-corrected chi connectivity index (χ0v) is 11.4. The van der Waals surface area contributed by atoms with Gasteiger partial charge in [-0.3, -0.25) is 0 Å². The Bertz CT molecular complexity index is 415. The minimum Gasteiger partial charge on any atom is -0.461 e. The van der Waals surface area contributed by atoms with Crippen LogP contribution in [0.4, 0.5) is 8.78 Å². The van der Waals surface area contributed by atoms with Crippen LogP contribution in [0.15, 0.2) is 0 Å². The predicted molar refractivity (Wildman–Crippen MR) is 65.0 cm³/mol. The number of hydrogen-bond acceptors (Lipinski definition) is 4. The van der Waals surface area contributed by atoms with Crippen molar-refractivity contribution in [1.29, 1.82) is 0 Å². The van der Waals surface area contributed by atoms with Crippen molar-refractivity contribution in [3.63, 3.8) is 0 Å². The second kappa shape index (κ2) is 4.13. The Hall–Kier alpha value is -0.750. The van der Waals surface area contributed by atoms with Crippen molar-refractivity contribution in [3.8, 4) is 0 Å². The monoisotopic (exact) mass is 290 g/mol. The summed E-state index contributed by atoms with van der Waals surface area (Å²) >= 11 is 0. The van der Waals surface area contributed by atoms with Crippen molar-refractivity contribution in [3.05, 3.63) is 0 Å². The molecule has 4 nitrogen and oxygen atoms in total. The van der Waals surface area contributed by atoms with Crippen molar-refractivity contribution in [1.82, 2.24) is 0 Å². The fraction of sp³-hybridized carbons (Fsp3) is 0.929. The molecule has 0 aromatic carbocycles. The highest BCUT2D eigenvalue weighted by Crippen LogP contribution is 2.61. The zero-order chi connectivity index (χ0) is 14.8. The molecule has 0 aromatic rings. The lowest BCUT2D eigenvalue weighted by atomic mass is 9.47. The Balaban J connectivity index is 1.72. The normalized spacial score (nSPS) is 46.5. The van der Waals surface area contributed by atoms with Gasteiger partial charge in [-0.15, -0.1) is 0 Å². The summed E-state index contributed by atoms with van der Waals surface area (Å²) in [5.41, 5.74) is -1.27. The number of rotatable bonds is 3. The van der Waals surface area contributed by atoms with Crippen molar-refractivity contribution < 1.29 is 28.5 Å². The van der Waals surface area contributed by atoms with Crippen LogP contribution < -0.4 is 0 Å². The summed E-state index contributed by atoms with van der Waals surface area (Å²) in [6.07, 6.45) is 2.44. The molecule has 2 N–H and O–H groups in total. The summed E-state index contributed by atoms with van der Waals surface area (Å²) < 4.78 is 30.5. The van der Waals surface area contributed by atoms with Crippen LogP contribution in [0, 0.1) is 17.3 Å². The number of aliphatic hydroxyl groups is 2. The number of alkyl halides is 2. The van der Waals surface area contributed by atoms with Crippen molar-refractivity contribution in [2.75, 3.05) is 6.61 Å². The fourth-order valence-corrected chi connectivity index (χ4v) is 4.77. The molecule has 0 aliphatic heterocycles. The summed E-state index contributed by atoms with van der Waals surface area (Å²) in [6.45, 7) is 0.434. The molecule has 4 aliphatic carbocycles. The maximum Gasteiger partial charge on any atom is 0.376 e. The smallest absolute Gasteiger partial charge is 0.376 e. The first kappa shape index (κ1) is 14.2. The zero-order valence-electron chi connectivity index (χ0n) is 11.4. The van der Waals surface area contributed by atoms with Crippen LogP contribution in [0.1, 0.15) is 39.0 Å². The minimum atomic E-state index is -3.49. The molecule has 0 saturated heterocycles. The predicted octanol–water partition coefficient (Wildman–Crippen LogP) is 1.49. The van der Waals surface area contributed by atoms with E-state index < -0.39 is 29.0 Å². The molecule has 2 atom stereocenters. The van der Waals surface area contributed by atoms with Crippen molar-refractivity contribution in [2.24, 2.45) is 17.3 Å². The summed E-state index contributed by atoms with van der Waals surface area (Å²) in [5.74, 6) is -5.02. The van der Waals surface area contributed by atoms with E-state index in [2.05, 4.69) is 0 Å². The van der Waals surface area contributed by atoms with Crippen LogP contribution in [-0.2, 0) is 9.53 Å². The first-order valence-corrected chi connectivity index (χ1v) is 7.08. The van der Waals surface area contributed by atoms with Gasteiger partial charge in [0.1, 0.15) is 0 Å². The Labute approximate surface area is 116 Å². The number of esters is 1. The van der Waals surface area contributed by atoms with Gasteiger partial charge in [-0.1, -0.05) is 0 Å². The average molecular weight is 290 g/mol. The first-order chi connectivity index (χ1) is 9.13. The van der Waals surface area contributed by atoms with Gasteiger partial charge in [0.2, 0.25) is 0 Å². The highest BCUT2D eigenvalue weighted by molar-refractivity contribution is 5.76. The summed E-state index contributed by atoms with van der Waals surface area (Å²) in [4.78, 5) is 11.2. The Kier molecular flexibility index (Phi) is 2.93. The van der Waals surface area contributed by atoms with Crippen molar-refractivity contribution >= 4 is 5.97 Å². The lowest BCUT2D eigenvalue weighted by Crippen LogP contribution is -2.62. The first-order valence-electron chi connectivity index (χ1n) is 7.08. The van der Waals surface area contributed by atoms with E-state index in [1.165, 1.54) is 0 Å². The minimum absolute atomic E-state index is 0.0120. The third kappa shape index (κ3) is 2.22. The van der Waals surface area contributed by atoms with Gasteiger partial charge in [0.05, 0.1) is 18.3 Å². The molecule has 0 radical (unpaired) electrons.